The van der Waals surface area contributed by atoms with Crippen molar-refractivity contribution < 1.29 is 23.0 Å². The summed E-state index contributed by atoms with van der Waals surface area (Å²) in [6.45, 7) is 0. The molecule has 0 saturated heterocycles. The van der Waals surface area contributed by atoms with Gasteiger partial charge in [0, 0.05) is 6.07 Å². The molecule has 0 spiro atoms. The normalized spacial score (nSPS) is 11.5. The molecule has 0 atom stereocenters. The van der Waals surface area contributed by atoms with E-state index in [1.165, 1.54) is 0 Å². The number of pyridine rings is 1. The minimum atomic E-state index is -4.85. The van der Waals surface area contributed by atoms with Crippen LogP contribution < -0.4 is 4.74 Å². The van der Waals surface area contributed by atoms with Crippen molar-refractivity contribution in [1.82, 2.24) is 4.98 Å². The molecule has 0 aromatic carbocycles. The summed E-state index contributed by atoms with van der Waals surface area (Å²) in [5, 5.41) is 9.13. The number of hydrogen-bond donors (Lipinski definition) is 1. The molecule has 0 unspecified atom stereocenters. The summed E-state index contributed by atoms with van der Waals surface area (Å²) < 4.78 is 38.9. The van der Waals surface area contributed by atoms with Gasteiger partial charge in [0.1, 0.15) is 4.60 Å². The van der Waals surface area contributed by atoms with E-state index < -0.39 is 17.9 Å². The van der Waals surface area contributed by atoms with Crippen LogP contribution in [0, 0.1) is 0 Å². The van der Waals surface area contributed by atoms with Crippen molar-refractivity contribution in [3.05, 3.63) is 15.3 Å². The van der Waals surface area contributed by atoms with Gasteiger partial charge in [0.25, 0.3) is 0 Å². The Balaban J connectivity index is 3.09. The fourth-order valence-corrected chi connectivity index (χ4v) is 1.67. The first-order valence-electron chi connectivity index (χ1n) is 3.10. The predicted molar refractivity (Wildman–Crippen MR) is 48.0 cm³/mol. The molecule has 8 heteroatoms. The van der Waals surface area contributed by atoms with Gasteiger partial charge in [-0.05, 0) is 31.9 Å². The molecule has 0 bridgehead atoms. The second-order valence-electron chi connectivity index (χ2n) is 2.13. The van der Waals surface area contributed by atoms with E-state index in [1.807, 2.05) is 0 Å². The molecular formula is C6H2Br2F3NO2. The Kier molecular flexibility index (Phi) is 3.25. The Labute approximate surface area is 93.2 Å². The maximum Gasteiger partial charge on any atom is 0.573 e. The van der Waals surface area contributed by atoms with Gasteiger partial charge >= 0.3 is 6.36 Å². The fourth-order valence-electron chi connectivity index (χ4n) is 0.660. The van der Waals surface area contributed by atoms with Gasteiger partial charge in [-0.25, -0.2) is 4.98 Å². The third-order valence-electron chi connectivity index (χ3n) is 1.11. The highest BCUT2D eigenvalue weighted by molar-refractivity contribution is 9.11. The van der Waals surface area contributed by atoms with E-state index in [0.29, 0.717) is 0 Å². The second kappa shape index (κ2) is 3.93. The molecule has 0 aliphatic carbocycles. The minimum absolute atomic E-state index is 0.112. The van der Waals surface area contributed by atoms with E-state index in [0.717, 1.165) is 6.07 Å². The van der Waals surface area contributed by atoms with Gasteiger partial charge in [-0.1, -0.05) is 0 Å². The molecule has 0 saturated carbocycles. The summed E-state index contributed by atoms with van der Waals surface area (Å²) in [7, 11) is 0. The summed E-state index contributed by atoms with van der Waals surface area (Å²) in [5.74, 6) is -1.42. The van der Waals surface area contributed by atoms with Gasteiger partial charge in [0.2, 0.25) is 0 Å². The molecule has 1 heterocycles. The molecule has 3 nitrogen and oxygen atoms in total. The maximum absolute atomic E-state index is 11.8. The number of aromatic hydroxyl groups is 1. The largest absolute Gasteiger partial charge is 0.573 e. The van der Waals surface area contributed by atoms with Crippen LogP contribution >= 0.6 is 31.9 Å². The second-order valence-corrected chi connectivity index (χ2v) is 3.69. The number of rotatable bonds is 1. The summed E-state index contributed by atoms with van der Waals surface area (Å²) in [4.78, 5) is 3.60. The zero-order chi connectivity index (χ0) is 10.9. The average Bonchev–Trinajstić information content (AvgIpc) is 1.96. The highest BCUT2D eigenvalue weighted by atomic mass is 79.9. The van der Waals surface area contributed by atoms with Gasteiger partial charge < -0.3 is 9.84 Å². The molecule has 1 N–H and O–H groups in total. The Morgan fingerprint density at radius 1 is 1.36 bits per heavy atom. The monoisotopic (exact) mass is 335 g/mol. The fraction of sp³-hybridized carbons (Fsp3) is 0.167. The van der Waals surface area contributed by atoms with Crippen molar-refractivity contribution in [2.75, 3.05) is 0 Å². The Morgan fingerprint density at radius 2 is 1.93 bits per heavy atom. The third kappa shape index (κ3) is 3.02. The molecule has 0 aliphatic heterocycles. The number of nitrogens with zero attached hydrogens (tertiary/aromatic N) is 1. The van der Waals surface area contributed by atoms with Crippen LogP contribution in [0.2, 0.25) is 0 Å². The zero-order valence-electron chi connectivity index (χ0n) is 6.27. The van der Waals surface area contributed by atoms with E-state index in [1.54, 1.807) is 0 Å². The van der Waals surface area contributed by atoms with E-state index in [4.69, 9.17) is 5.11 Å². The molecular weight excluding hydrogens is 335 g/mol. The average molecular weight is 337 g/mol. The molecule has 0 radical (unpaired) electrons. The molecule has 1 aromatic heterocycles. The quantitative estimate of drug-likeness (QED) is 0.801. The highest BCUT2D eigenvalue weighted by Crippen LogP contribution is 2.37. The van der Waals surface area contributed by atoms with Gasteiger partial charge in [-0.15, -0.1) is 13.2 Å². The van der Waals surface area contributed by atoms with Crippen LogP contribution in [0.15, 0.2) is 15.3 Å². The molecule has 0 aliphatic rings. The van der Waals surface area contributed by atoms with Crippen LogP contribution in [0.5, 0.6) is 11.5 Å². The lowest BCUT2D eigenvalue weighted by Gasteiger charge is -2.10. The van der Waals surface area contributed by atoms with E-state index >= 15 is 0 Å². The van der Waals surface area contributed by atoms with Crippen molar-refractivity contribution in [2.45, 2.75) is 6.36 Å². The summed E-state index contributed by atoms with van der Waals surface area (Å²) >= 11 is 5.62. The van der Waals surface area contributed by atoms with Gasteiger partial charge in [-0.2, -0.15) is 0 Å². The van der Waals surface area contributed by atoms with Crippen molar-refractivity contribution in [3.8, 4) is 11.5 Å². The standard InChI is InChI=1S/C6H2Br2F3NO2/c7-3-1-2(14-6(9,10)11)4(13)5(8)12-3/h1,13H. The number of alkyl halides is 3. The molecule has 14 heavy (non-hydrogen) atoms. The van der Waals surface area contributed by atoms with Gasteiger partial charge in [0.15, 0.2) is 16.1 Å². The molecule has 78 valence electrons. The summed E-state index contributed by atoms with van der Waals surface area (Å²) in [6, 6.07) is 0.910. The lowest BCUT2D eigenvalue weighted by molar-refractivity contribution is -0.275. The maximum atomic E-state index is 11.8. The van der Waals surface area contributed by atoms with E-state index in [2.05, 4.69) is 41.6 Å². The first kappa shape index (κ1) is 11.6. The molecule has 0 amide bonds. The Bertz CT molecular complexity index is 356. The van der Waals surface area contributed by atoms with Crippen LogP contribution in [0.4, 0.5) is 13.2 Å². The van der Waals surface area contributed by atoms with E-state index in [9.17, 15) is 13.2 Å². The third-order valence-corrected chi connectivity index (χ3v) is 2.07. The Hall–Kier alpha value is -0.500. The van der Waals surface area contributed by atoms with Crippen LogP contribution in [-0.4, -0.2) is 16.5 Å². The lowest BCUT2D eigenvalue weighted by atomic mass is 10.4. The number of halogens is 5. The van der Waals surface area contributed by atoms with Crippen molar-refractivity contribution in [1.29, 1.82) is 0 Å². The summed E-state index contributed by atoms with van der Waals surface area (Å²) in [6.07, 6.45) is -4.85. The van der Waals surface area contributed by atoms with Crippen LogP contribution in [0.25, 0.3) is 0 Å². The molecule has 0 fully saturated rings. The number of aromatic nitrogens is 1. The zero-order valence-corrected chi connectivity index (χ0v) is 9.44. The first-order chi connectivity index (χ1) is 6.29. The number of ether oxygens (including phenoxy) is 1. The predicted octanol–water partition coefficient (Wildman–Crippen LogP) is 3.21. The summed E-state index contributed by atoms with van der Waals surface area (Å²) in [5.41, 5.74) is 0. The van der Waals surface area contributed by atoms with Crippen LogP contribution in [0.1, 0.15) is 0 Å². The Morgan fingerprint density at radius 3 is 2.43 bits per heavy atom. The molecule has 1 aromatic rings. The number of hydrogen-bond acceptors (Lipinski definition) is 3. The smallest absolute Gasteiger partial charge is 0.502 e. The van der Waals surface area contributed by atoms with Crippen LogP contribution in [-0.2, 0) is 0 Å². The topological polar surface area (TPSA) is 42.4 Å². The van der Waals surface area contributed by atoms with Crippen molar-refractivity contribution >= 4 is 31.9 Å². The molecule has 1 rings (SSSR count). The van der Waals surface area contributed by atoms with E-state index in [-0.39, 0.29) is 9.21 Å². The van der Waals surface area contributed by atoms with Crippen molar-refractivity contribution in [3.63, 3.8) is 0 Å². The lowest BCUT2D eigenvalue weighted by Crippen LogP contribution is -2.17. The SMILES string of the molecule is Oc1c(OC(F)(F)F)cc(Br)nc1Br. The van der Waals surface area contributed by atoms with Gasteiger partial charge in [0.05, 0.1) is 0 Å². The van der Waals surface area contributed by atoms with Crippen LogP contribution in [0.3, 0.4) is 0 Å². The first-order valence-corrected chi connectivity index (χ1v) is 4.69. The minimum Gasteiger partial charge on any atom is -0.502 e. The van der Waals surface area contributed by atoms with Gasteiger partial charge in [-0.3, -0.25) is 0 Å². The highest BCUT2D eigenvalue weighted by Gasteiger charge is 2.33. The van der Waals surface area contributed by atoms with Crippen molar-refractivity contribution in [2.24, 2.45) is 0 Å².